The molecule has 0 radical (unpaired) electrons. The first-order valence-electron chi connectivity index (χ1n) is 5.73. The van der Waals surface area contributed by atoms with Gasteiger partial charge in [0.1, 0.15) is 5.75 Å². The predicted octanol–water partition coefficient (Wildman–Crippen LogP) is 0.480. The highest BCUT2D eigenvalue weighted by atomic mass is 16.5. The van der Waals surface area contributed by atoms with E-state index in [0.29, 0.717) is 24.4 Å². The van der Waals surface area contributed by atoms with Gasteiger partial charge in [0.25, 0.3) is 0 Å². The number of hydrogen-bond donors (Lipinski definition) is 2. The zero-order chi connectivity index (χ0) is 12.7. The van der Waals surface area contributed by atoms with Crippen LogP contribution in [0.4, 0.5) is 0 Å². The number of rotatable bonds is 7. The molecule has 0 amide bonds. The minimum absolute atomic E-state index is 0.414. The molecule has 0 aliphatic heterocycles. The van der Waals surface area contributed by atoms with Gasteiger partial charge in [-0.05, 0) is 25.8 Å². The number of aryl methyl sites for hydroxylation is 1. The second kappa shape index (κ2) is 7.32. The summed E-state index contributed by atoms with van der Waals surface area (Å²) in [6.07, 6.45) is 1.81. The fraction of sp³-hybridized carbons (Fsp3) is 0.500. The van der Waals surface area contributed by atoms with Crippen LogP contribution >= 0.6 is 0 Å². The molecule has 2 N–H and O–H groups in total. The Labute approximate surface area is 102 Å². The average molecular weight is 238 g/mol. The van der Waals surface area contributed by atoms with E-state index in [1.54, 1.807) is 19.2 Å². The molecule has 4 nitrogen and oxygen atoms in total. The minimum atomic E-state index is -1.50. The Morgan fingerprint density at radius 3 is 2.53 bits per heavy atom. The molecule has 94 valence electrons. The SMILES string of the molecule is COCCCCOc1ccc(C)cc1B(O)O. The van der Waals surface area contributed by atoms with Crippen LogP contribution in [0.2, 0.25) is 0 Å². The van der Waals surface area contributed by atoms with Crippen LogP contribution < -0.4 is 10.2 Å². The maximum atomic E-state index is 9.23. The number of methoxy groups -OCH3 is 1. The molecule has 0 heterocycles. The van der Waals surface area contributed by atoms with Crippen LogP contribution in [0.1, 0.15) is 18.4 Å². The van der Waals surface area contributed by atoms with Gasteiger partial charge in [0, 0.05) is 19.2 Å². The second-order valence-corrected chi connectivity index (χ2v) is 3.96. The van der Waals surface area contributed by atoms with Crippen LogP contribution in [-0.4, -0.2) is 37.5 Å². The van der Waals surface area contributed by atoms with Gasteiger partial charge in [-0.2, -0.15) is 0 Å². The van der Waals surface area contributed by atoms with Crippen molar-refractivity contribution in [2.45, 2.75) is 19.8 Å². The van der Waals surface area contributed by atoms with Gasteiger partial charge >= 0.3 is 7.12 Å². The number of hydrogen-bond acceptors (Lipinski definition) is 4. The Hall–Kier alpha value is -1.04. The molecule has 0 aliphatic carbocycles. The van der Waals surface area contributed by atoms with E-state index in [4.69, 9.17) is 9.47 Å². The molecule has 17 heavy (non-hydrogen) atoms. The summed E-state index contributed by atoms with van der Waals surface area (Å²) in [6, 6.07) is 5.37. The molecule has 1 rings (SSSR count). The van der Waals surface area contributed by atoms with Crippen LogP contribution in [0.25, 0.3) is 0 Å². The van der Waals surface area contributed by atoms with Crippen molar-refractivity contribution in [1.29, 1.82) is 0 Å². The molecule has 1 aromatic carbocycles. The third-order valence-electron chi connectivity index (χ3n) is 2.44. The molecule has 1 aromatic rings. The summed E-state index contributed by atoms with van der Waals surface area (Å²) in [7, 11) is 0.171. The van der Waals surface area contributed by atoms with E-state index in [9.17, 15) is 10.0 Å². The zero-order valence-corrected chi connectivity index (χ0v) is 10.3. The standard InChI is InChI=1S/C12H19BO4/c1-10-5-6-12(11(9-10)13(14)15)17-8-4-3-7-16-2/h5-6,9,14-15H,3-4,7-8H2,1-2H3. The molecular formula is C12H19BO4. The molecule has 0 aliphatic rings. The Morgan fingerprint density at radius 2 is 1.88 bits per heavy atom. The first-order valence-corrected chi connectivity index (χ1v) is 5.73. The summed E-state index contributed by atoms with van der Waals surface area (Å²) < 4.78 is 10.5. The number of unbranched alkanes of at least 4 members (excludes halogenated alkanes) is 1. The van der Waals surface area contributed by atoms with Gasteiger partial charge in [-0.1, -0.05) is 17.7 Å². The largest absolute Gasteiger partial charge is 0.494 e. The van der Waals surface area contributed by atoms with E-state index in [1.165, 1.54) is 0 Å². The lowest BCUT2D eigenvalue weighted by Crippen LogP contribution is -2.31. The van der Waals surface area contributed by atoms with E-state index in [1.807, 2.05) is 13.0 Å². The average Bonchev–Trinajstić information content (AvgIpc) is 2.30. The van der Waals surface area contributed by atoms with E-state index < -0.39 is 7.12 Å². The molecule has 0 spiro atoms. The molecule has 0 aromatic heterocycles. The van der Waals surface area contributed by atoms with Crippen molar-refractivity contribution >= 4 is 12.6 Å². The summed E-state index contributed by atoms with van der Waals surface area (Å²) in [6.45, 7) is 3.16. The van der Waals surface area contributed by atoms with Crippen LogP contribution in [0.15, 0.2) is 18.2 Å². The lowest BCUT2D eigenvalue weighted by Gasteiger charge is -2.11. The van der Waals surface area contributed by atoms with Crippen LogP contribution in [0, 0.1) is 6.92 Å². The van der Waals surface area contributed by atoms with Gasteiger partial charge in [-0.25, -0.2) is 0 Å². The first kappa shape index (κ1) is 14.0. The summed E-state index contributed by atoms with van der Waals surface area (Å²) in [5.74, 6) is 0.531. The highest BCUT2D eigenvalue weighted by Crippen LogP contribution is 2.10. The lowest BCUT2D eigenvalue weighted by molar-refractivity contribution is 0.184. The molecule has 5 heteroatoms. The highest BCUT2D eigenvalue weighted by molar-refractivity contribution is 6.59. The Kier molecular flexibility index (Phi) is 6.04. The van der Waals surface area contributed by atoms with Crippen molar-refractivity contribution in [3.63, 3.8) is 0 Å². The molecular weight excluding hydrogens is 219 g/mol. The third-order valence-corrected chi connectivity index (χ3v) is 2.44. The fourth-order valence-electron chi connectivity index (χ4n) is 1.53. The Morgan fingerprint density at radius 1 is 1.18 bits per heavy atom. The minimum Gasteiger partial charge on any atom is -0.494 e. The van der Waals surface area contributed by atoms with Gasteiger partial charge in [0.15, 0.2) is 0 Å². The van der Waals surface area contributed by atoms with E-state index in [0.717, 1.165) is 18.4 Å². The van der Waals surface area contributed by atoms with Gasteiger partial charge in [-0.15, -0.1) is 0 Å². The number of benzene rings is 1. The predicted molar refractivity (Wildman–Crippen MR) is 67.6 cm³/mol. The molecule has 0 atom stereocenters. The van der Waals surface area contributed by atoms with Crippen LogP contribution in [-0.2, 0) is 4.74 Å². The quantitative estimate of drug-likeness (QED) is 0.535. The van der Waals surface area contributed by atoms with Gasteiger partial charge in [-0.3, -0.25) is 0 Å². The van der Waals surface area contributed by atoms with Crippen molar-refractivity contribution < 1.29 is 19.5 Å². The van der Waals surface area contributed by atoms with Gasteiger partial charge in [0.2, 0.25) is 0 Å². The molecule has 0 saturated carbocycles. The van der Waals surface area contributed by atoms with Crippen LogP contribution in [0.3, 0.4) is 0 Å². The normalized spacial score (nSPS) is 10.4. The van der Waals surface area contributed by atoms with E-state index in [-0.39, 0.29) is 0 Å². The molecule has 0 bridgehead atoms. The fourth-order valence-corrected chi connectivity index (χ4v) is 1.53. The Bertz CT molecular complexity index is 341. The van der Waals surface area contributed by atoms with Crippen LogP contribution in [0.5, 0.6) is 5.75 Å². The lowest BCUT2D eigenvalue weighted by atomic mass is 9.79. The van der Waals surface area contributed by atoms with Crippen molar-refractivity contribution in [3.05, 3.63) is 23.8 Å². The molecule has 0 fully saturated rings. The smallest absolute Gasteiger partial charge is 0.492 e. The highest BCUT2D eigenvalue weighted by Gasteiger charge is 2.17. The van der Waals surface area contributed by atoms with Gasteiger partial charge < -0.3 is 19.5 Å². The van der Waals surface area contributed by atoms with E-state index >= 15 is 0 Å². The van der Waals surface area contributed by atoms with Crippen molar-refractivity contribution in [2.75, 3.05) is 20.3 Å². The summed E-state index contributed by atoms with van der Waals surface area (Å²) in [5, 5.41) is 18.5. The van der Waals surface area contributed by atoms with E-state index in [2.05, 4.69) is 0 Å². The summed E-state index contributed by atoms with van der Waals surface area (Å²) >= 11 is 0. The van der Waals surface area contributed by atoms with Crippen molar-refractivity contribution in [1.82, 2.24) is 0 Å². The monoisotopic (exact) mass is 238 g/mol. The van der Waals surface area contributed by atoms with Crippen molar-refractivity contribution in [3.8, 4) is 5.75 Å². The summed E-state index contributed by atoms with van der Waals surface area (Å²) in [5.41, 5.74) is 1.39. The second-order valence-electron chi connectivity index (χ2n) is 3.96. The maximum Gasteiger partial charge on any atom is 0.492 e. The Balaban J connectivity index is 2.52. The summed E-state index contributed by atoms with van der Waals surface area (Å²) in [4.78, 5) is 0. The topological polar surface area (TPSA) is 58.9 Å². The molecule has 0 unspecified atom stereocenters. The number of ether oxygens (including phenoxy) is 2. The molecule has 0 saturated heterocycles. The van der Waals surface area contributed by atoms with Gasteiger partial charge in [0.05, 0.1) is 6.61 Å². The third kappa shape index (κ3) is 4.77. The van der Waals surface area contributed by atoms with Crippen molar-refractivity contribution in [2.24, 2.45) is 0 Å². The first-order chi connectivity index (χ1) is 8.15. The maximum absolute atomic E-state index is 9.23. The zero-order valence-electron chi connectivity index (χ0n) is 10.3.